The van der Waals surface area contributed by atoms with Crippen molar-refractivity contribution in [3.63, 3.8) is 0 Å². The molecule has 0 saturated heterocycles. The van der Waals surface area contributed by atoms with E-state index in [1.54, 1.807) is 19.0 Å². The zero-order chi connectivity index (χ0) is 14.8. The molecule has 110 valence electrons. The van der Waals surface area contributed by atoms with Crippen LogP contribution in [0.4, 0.5) is 5.69 Å². The summed E-state index contributed by atoms with van der Waals surface area (Å²) < 4.78 is 0. The Kier molecular flexibility index (Phi) is 4.55. The summed E-state index contributed by atoms with van der Waals surface area (Å²) in [5.41, 5.74) is 6.29. The number of benzene rings is 1. The molecule has 1 aromatic rings. The normalized spacial score (nSPS) is 26.1. The van der Waals surface area contributed by atoms with Crippen molar-refractivity contribution in [2.24, 2.45) is 5.73 Å². The van der Waals surface area contributed by atoms with Crippen molar-refractivity contribution in [2.45, 2.75) is 37.3 Å². The highest BCUT2D eigenvalue weighted by Crippen LogP contribution is 2.33. The van der Waals surface area contributed by atoms with Crippen molar-refractivity contribution in [3.05, 3.63) is 29.3 Å². The van der Waals surface area contributed by atoms with Gasteiger partial charge in [0.1, 0.15) is 5.54 Å². The molecule has 1 saturated carbocycles. The second-order valence-corrected chi connectivity index (χ2v) is 6.19. The number of amides is 1. The van der Waals surface area contributed by atoms with Gasteiger partial charge in [0, 0.05) is 30.8 Å². The second kappa shape index (κ2) is 6.02. The molecule has 0 unspecified atom stereocenters. The molecule has 2 rings (SSSR count). The summed E-state index contributed by atoms with van der Waals surface area (Å²) in [5.74, 6) is 0.101. The summed E-state index contributed by atoms with van der Waals surface area (Å²) in [5, 5.41) is 4.07. The average Bonchev–Trinajstić information content (AvgIpc) is 2.41. The maximum absolute atomic E-state index is 12.6. The van der Waals surface area contributed by atoms with E-state index in [0.717, 1.165) is 31.4 Å². The van der Waals surface area contributed by atoms with Crippen molar-refractivity contribution < 1.29 is 4.79 Å². The molecule has 0 heterocycles. The second-order valence-electron chi connectivity index (χ2n) is 5.75. The molecule has 20 heavy (non-hydrogen) atoms. The highest BCUT2D eigenvalue weighted by molar-refractivity contribution is 6.30. The number of hydrogen-bond donors (Lipinski definition) is 2. The smallest absolute Gasteiger partial charge is 0.247 e. The van der Waals surface area contributed by atoms with Crippen LogP contribution in [0.3, 0.4) is 0 Å². The summed E-state index contributed by atoms with van der Waals surface area (Å²) in [6.45, 7) is 0. The van der Waals surface area contributed by atoms with Gasteiger partial charge >= 0.3 is 0 Å². The highest BCUT2D eigenvalue weighted by Gasteiger charge is 2.42. The van der Waals surface area contributed by atoms with Gasteiger partial charge < -0.3 is 16.0 Å². The van der Waals surface area contributed by atoms with Crippen LogP contribution in [0, 0.1) is 0 Å². The number of hydrogen-bond acceptors (Lipinski definition) is 3. The van der Waals surface area contributed by atoms with E-state index < -0.39 is 5.54 Å². The van der Waals surface area contributed by atoms with Crippen molar-refractivity contribution in [3.8, 4) is 0 Å². The minimum absolute atomic E-state index is 0.101. The Morgan fingerprint density at radius 1 is 1.40 bits per heavy atom. The number of anilines is 1. The van der Waals surface area contributed by atoms with E-state index in [1.165, 1.54) is 0 Å². The van der Waals surface area contributed by atoms with Gasteiger partial charge in [-0.2, -0.15) is 0 Å². The van der Waals surface area contributed by atoms with Crippen molar-refractivity contribution in [1.29, 1.82) is 0 Å². The van der Waals surface area contributed by atoms with E-state index in [0.29, 0.717) is 5.02 Å². The molecule has 0 aliphatic heterocycles. The minimum Gasteiger partial charge on any atom is -0.371 e. The number of carbonyl (C=O) groups excluding carboxylic acids is 1. The molecule has 3 N–H and O–H groups in total. The molecule has 0 bridgehead atoms. The Morgan fingerprint density at radius 2 is 2.05 bits per heavy atom. The average molecular weight is 296 g/mol. The van der Waals surface area contributed by atoms with Crippen molar-refractivity contribution in [1.82, 2.24) is 4.90 Å². The Morgan fingerprint density at radius 3 is 2.60 bits per heavy atom. The molecule has 5 heteroatoms. The van der Waals surface area contributed by atoms with Crippen LogP contribution in [-0.2, 0) is 4.79 Å². The number of carbonyl (C=O) groups is 1. The molecule has 0 radical (unpaired) electrons. The molecule has 0 aromatic heterocycles. The molecule has 4 nitrogen and oxygen atoms in total. The first kappa shape index (κ1) is 15.1. The van der Waals surface area contributed by atoms with Crippen LogP contribution in [0.5, 0.6) is 0 Å². The van der Waals surface area contributed by atoms with E-state index in [4.69, 9.17) is 17.3 Å². The summed E-state index contributed by atoms with van der Waals surface area (Å²) in [7, 11) is 3.58. The Balaban J connectivity index is 2.25. The standard InChI is InChI=1S/C15H22ClN3O/c1-19(2)14(20)15(8-6-12(17)7-9-15)18-13-5-3-4-11(16)10-13/h3-5,10,12,18H,6-9,17H2,1-2H3. The molecule has 1 aromatic carbocycles. The van der Waals surface area contributed by atoms with Gasteiger partial charge in [0.25, 0.3) is 0 Å². The quantitative estimate of drug-likeness (QED) is 0.901. The lowest BCUT2D eigenvalue weighted by Crippen LogP contribution is -2.55. The third-order valence-electron chi connectivity index (χ3n) is 3.91. The van der Waals surface area contributed by atoms with Crippen molar-refractivity contribution >= 4 is 23.2 Å². The maximum atomic E-state index is 12.6. The lowest BCUT2D eigenvalue weighted by atomic mass is 9.78. The Hall–Kier alpha value is -1.26. The molecular formula is C15H22ClN3O. The largest absolute Gasteiger partial charge is 0.371 e. The predicted octanol–water partition coefficient (Wildman–Crippen LogP) is 2.48. The first-order chi connectivity index (χ1) is 9.43. The lowest BCUT2D eigenvalue weighted by molar-refractivity contribution is -0.134. The third-order valence-corrected chi connectivity index (χ3v) is 4.14. The van der Waals surface area contributed by atoms with Gasteiger partial charge in [-0.25, -0.2) is 0 Å². The summed E-state index contributed by atoms with van der Waals surface area (Å²) in [4.78, 5) is 14.3. The third kappa shape index (κ3) is 3.25. The van der Waals surface area contributed by atoms with E-state index in [-0.39, 0.29) is 11.9 Å². The van der Waals surface area contributed by atoms with Crippen molar-refractivity contribution in [2.75, 3.05) is 19.4 Å². The van der Waals surface area contributed by atoms with E-state index in [1.807, 2.05) is 24.3 Å². The molecule has 1 aliphatic rings. The fourth-order valence-electron chi connectivity index (χ4n) is 2.80. The van der Waals surface area contributed by atoms with E-state index >= 15 is 0 Å². The number of nitrogens with two attached hydrogens (primary N) is 1. The van der Waals surface area contributed by atoms with Crippen LogP contribution in [-0.4, -0.2) is 36.5 Å². The molecule has 1 aliphatic carbocycles. The van der Waals surface area contributed by atoms with E-state index in [9.17, 15) is 4.79 Å². The number of nitrogens with one attached hydrogen (secondary N) is 1. The van der Waals surface area contributed by atoms with Gasteiger partial charge in [-0.3, -0.25) is 4.79 Å². The maximum Gasteiger partial charge on any atom is 0.247 e. The van der Waals surface area contributed by atoms with Crippen LogP contribution >= 0.6 is 11.6 Å². The van der Waals surface area contributed by atoms with Gasteiger partial charge in [0.05, 0.1) is 0 Å². The summed E-state index contributed by atoms with van der Waals surface area (Å²) >= 11 is 6.02. The number of nitrogens with zero attached hydrogens (tertiary/aromatic N) is 1. The predicted molar refractivity (Wildman–Crippen MR) is 82.9 cm³/mol. The summed E-state index contributed by atoms with van der Waals surface area (Å²) in [6, 6.07) is 7.68. The van der Waals surface area contributed by atoms with Gasteiger partial charge in [0.15, 0.2) is 0 Å². The molecular weight excluding hydrogens is 274 g/mol. The Bertz CT molecular complexity index is 482. The van der Waals surface area contributed by atoms with Gasteiger partial charge in [-0.05, 0) is 43.9 Å². The molecule has 1 fully saturated rings. The number of halogens is 1. The molecule has 0 atom stereocenters. The molecule has 1 amide bonds. The SMILES string of the molecule is CN(C)C(=O)C1(Nc2cccc(Cl)c2)CCC(N)CC1. The van der Waals surface area contributed by atoms with Gasteiger partial charge in [-0.15, -0.1) is 0 Å². The monoisotopic (exact) mass is 295 g/mol. The first-order valence-corrected chi connectivity index (χ1v) is 7.32. The zero-order valence-corrected chi connectivity index (χ0v) is 12.8. The van der Waals surface area contributed by atoms with Gasteiger partial charge in [0.2, 0.25) is 5.91 Å². The van der Waals surface area contributed by atoms with Crippen LogP contribution < -0.4 is 11.1 Å². The van der Waals surface area contributed by atoms with Crippen LogP contribution in [0.1, 0.15) is 25.7 Å². The number of rotatable bonds is 3. The van der Waals surface area contributed by atoms with Gasteiger partial charge in [-0.1, -0.05) is 17.7 Å². The fraction of sp³-hybridized carbons (Fsp3) is 0.533. The zero-order valence-electron chi connectivity index (χ0n) is 12.0. The van der Waals surface area contributed by atoms with Crippen LogP contribution in [0.2, 0.25) is 5.02 Å². The Labute approximate surface area is 125 Å². The van der Waals surface area contributed by atoms with E-state index in [2.05, 4.69) is 5.32 Å². The lowest BCUT2D eigenvalue weighted by Gasteiger charge is -2.41. The molecule has 0 spiro atoms. The minimum atomic E-state index is -0.565. The van der Waals surface area contributed by atoms with Crippen LogP contribution in [0.25, 0.3) is 0 Å². The fourth-order valence-corrected chi connectivity index (χ4v) is 2.99. The number of likely N-dealkylation sites (N-methyl/N-ethyl adjacent to an activating group) is 1. The highest BCUT2D eigenvalue weighted by atomic mass is 35.5. The first-order valence-electron chi connectivity index (χ1n) is 6.94. The van der Waals surface area contributed by atoms with Crippen LogP contribution in [0.15, 0.2) is 24.3 Å². The summed E-state index contributed by atoms with van der Waals surface area (Å²) in [6.07, 6.45) is 3.20. The topological polar surface area (TPSA) is 58.4 Å².